The summed E-state index contributed by atoms with van der Waals surface area (Å²) in [4.78, 5) is 0. The van der Waals surface area contributed by atoms with E-state index in [2.05, 4.69) is 0 Å². The first-order valence-corrected chi connectivity index (χ1v) is 7.62. The van der Waals surface area contributed by atoms with E-state index in [1.807, 2.05) is 4.72 Å². The van der Waals surface area contributed by atoms with Gasteiger partial charge in [-0.2, -0.15) is 13.2 Å². The Bertz CT molecular complexity index is 403. The number of alkyl halides is 3. The summed E-state index contributed by atoms with van der Waals surface area (Å²) in [5.41, 5.74) is 0. The van der Waals surface area contributed by atoms with Crippen molar-refractivity contribution in [2.75, 3.05) is 7.05 Å². The summed E-state index contributed by atoms with van der Waals surface area (Å²) in [7, 11) is -2.72. The molecule has 0 aromatic rings. The summed E-state index contributed by atoms with van der Waals surface area (Å²) in [6, 6.07) is 0. The molecule has 0 heterocycles. The Morgan fingerprint density at radius 3 is 2.33 bits per heavy atom. The topological polar surface area (TPSA) is 46.2 Å². The number of sulfonamides is 1. The molecule has 2 fully saturated rings. The van der Waals surface area contributed by atoms with E-state index in [0.29, 0.717) is 5.92 Å². The largest absolute Gasteiger partial charge is 0.393 e. The second-order valence-corrected chi connectivity index (χ2v) is 7.25. The Kier molecular flexibility index (Phi) is 3.66. The first-order valence-electron chi connectivity index (χ1n) is 6.08. The lowest BCUT2D eigenvalue weighted by molar-refractivity contribution is -0.182. The summed E-state index contributed by atoms with van der Waals surface area (Å²) >= 11 is 0. The van der Waals surface area contributed by atoms with Crippen LogP contribution in [-0.2, 0) is 10.0 Å². The molecule has 0 aromatic heterocycles. The summed E-state index contributed by atoms with van der Waals surface area (Å²) in [5, 5.41) is -1.38. The molecular weight excluding hydrogens is 267 g/mol. The van der Waals surface area contributed by atoms with Gasteiger partial charge in [-0.1, -0.05) is 0 Å². The van der Waals surface area contributed by atoms with Gasteiger partial charge < -0.3 is 0 Å². The molecule has 105 valence electrons. The summed E-state index contributed by atoms with van der Waals surface area (Å²) < 4.78 is 64.4. The molecule has 0 saturated heterocycles. The van der Waals surface area contributed by atoms with E-state index in [1.165, 1.54) is 0 Å². The van der Waals surface area contributed by atoms with Gasteiger partial charge in [0.25, 0.3) is 0 Å². The fourth-order valence-corrected chi connectivity index (χ4v) is 4.13. The van der Waals surface area contributed by atoms with Crippen molar-refractivity contribution in [3.05, 3.63) is 6.42 Å². The maximum Gasteiger partial charge on any atom is 0.393 e. The number of nitrogens with one attached hydrogen (secondary N) is 1. The molecule has 3 unspecified atom stereocenters. The van der Waals surface area contributed by atoms with Crippen LogP contribution in [0.15, 0.2) is 0 Å². The van der Waals surface area contributed by atoms with Crippen LogP contribution < -0.4 is 4.72 Å². The van der Waals surface area contributed by atoms with Crippen LogP contribution in [0, 0.1) is 24.2 Å². The first kappa shape index (κ1) is 14.1. The van der Waals surface area contributed by atoms with Gasteiger partial charge in [0.05, 0.1) is 11.2 Å². The molecule has 1 N–H and O–H groups in total. The standard InChI is InChI=1S/C11H17F3NO2S/c1-15-18(16,17)10-5-4-8(7-2-3-7)6-9(10)11(12,13)14/h4,7-10,15H,2-3,5-6H2,1H3. The van der Waals surface area contributed by atoms with Gasteiger partial charge in [0.2, 0.25) is 10.0 Å². The normalized spacial score (nSPS) is 34.6. The van der Waals surface area contributed by atoms with E-state index in [0.717, 1.165) is 19.9 Å². The van der Waals surface area contributed by atoms with E-state index < -0.39 is 27.4 Å². The molecule has 2 rings (SSSR count). The van der Waals surface area contributed by atoms with Gasteiger partial charge in [-0.05, 0) is 51.0 Å². The average molecular weight is 284 g/mol. The molecule has 0 aromatic carbocycles. The smallest absolute Gasteiger partial charge is 0.218 e. The summed E-state index contributed by atoms with van der Waals surface area (Å²) in [6.45, 7) is 0. The third kappa shape index (κ3) is 2.82. The van der Waals surface area contributed by atoms with Gasteiger partial charge in [0.15, 0.2) is 0 Å². The van der Waals surface area contributed by atoms with Crippen LogP contribution in [0.1, 0.15) is 25.7 Å². The highest BCUT2D eigenvalue weighted by atomic mass is 32.2. The summed E-state index contributed by atoms with van der Waals surface area (Å²) in [6.07, 6.45) is -0.825. The highest BCUT2D eigenvalue weighted by Crippen LogP contribution is 2.49. The molecule has 0 bridgehead atoms. The van der Waals surface area contributed by atoms with E-state index in [9.17, 15) is 21.6 Å². The number of halogens is 3. The van der Waals surface area contributed by atoms with E-state index >= 15 is 0 Å². The van der Waals surface area contributed by atoms with Gasteiger partial charge in [0.1, 0.15) is 0 Å². The molecule has 2 saturated carbocycles. The van der Waals surface area contributed by atoms with Crippen LogP contribution >= 0.6 is 0 Å². The zero-order valence-electron chi connectivity index (χ0n) is 10.1. The van der Waals surface area contributed by atoms with Crippen LogP contribution in [0.4, 0.5) is 13.2 Å². The SMILES string of the molecule is CNS(=O)(=O)C1C[CH]C(C2CC2)CC1C(F)(F)F. The Hall–Kier alpha value is -0.300. The monoisotopic (exact) mass is 284 g/mol. The quantitative estimate of drug-likeness (QED) is 0.862. The lowest BCUT2D eigenvalue weighted by Crippen LogP contribution is -2.47. The highest BCUT2D eigenvalue weighted by Gasteiger charge is 2.53. The van der Waals surface area contributed by atoms with Crippen LogP contribution in [0.3, 0.4) is 0 Å². The molecule has 3 nitrogen and oxygen atoms in total. The van der Waals surface area contributed by atoms with Crippen LogP contribution in [0.25, 0.3) is 0 Å². The number of hydrogen-bond acceptors (Lipinski definition) is 2. The second kappa shape index (κ2) is 4.67. The minimum absolute atomic E-state index is 0.00544. The fraction of sp³-hybridized carbons (Fsp3) is 0.909. The predicted octanol–water partition coefficient (Wildman–Crippen LogP) is 2.11. The van der Waals surface area contributed by atoms with Crippen molar-refractivity contribution in [3.63, 3.8) is 0 Å². The van der Waals surface area contributed by atoms with Gasteiger partial charge in [0, 0.05) is 0 Å². The fourth-order valence-electron chi connectivity index (χ4n) is 2.76. The van der Waals surface area contributed by atoms with Crippen LogP contribution in [0.5, 0.6) is 0 Å². The van der Waals surface area contributed by atoms with E-state index in [1.54, 1.807) is 6.42 Å². The Labute approximate surface area is 105 Å². The number of hydrogen-bond donors (Lipinski definition) is 1. The molecular formula is C11H17F3NO2S. The third-order valence-electron chi connectivity index (χ3n) is 3.98. The van der Waals surface area contributed by atoms with Crippen LogP contribution in [0.2, 0.25) is 0 Å². The van der Waals surface area contributed by atoms with Crippen molar-refractivity contribution < 1.29 is 21.6 Å². The molecule has 7 heteroatoms. The van der Waals surface area contributed by atoms with Gasteiger partial charge >= 0.3 is 6.18 Å². The Morgan fingerprint density at radius 1 is 1.28 bits per heavy atom. The number of rotatable bonds is 3. The second-order valence-electron chi connectivity index (χ2n) is 5.14. The molecule has 1 radical (unpaired) electrons. The van der Waals surface area contributed by atoms with Crippen molar-refractivity contribution in [3.8, 4) is 0 Å². The molecule has 0 spiro atoms. The molecule has 2 aliphatic rings. The maximum atomic E-state index is 13.0. The summed E-state index contributed by atoms with van der Waals surface area (Å²) in [5.74, 6) is -1.47. The van der Waals surface area contributed by atoms with Crippen molar-refractivity contribution in [2.24, 2.45) is 17.8 Å². The van der Waals surface area contributed by atoms with E-state index in [4.69, 9.17) is 0 Å². The van der Waals surface area contributed by atoms with E-state index in [-0.39, 0.29) is 18.8 Å². The molecule has 3 atom stereocenters. The Morgan fingerprint density at radius 2 is 1.89 bits per heavy atom. The van der Waals surface area contributed by atoms with Crippen molar-refractivity contribution in [1.82, 2.24) is 4.72 Å². The minimum atomic E-state index is -4.45. The maximum absolute atomic E-state index is 13.0. The third-order valence-corrected chi connectivity index (χ3v) is 5.86. The zero-order chi connectivity index (χ0) is 13.6. The van der Waals surface area contributed by atoms with Gasteiger partial charge in [-0.3, -0.25) is 0 Å². The predicted molar refractivity (Wildman–Crippen MR) is 61.1 cm³/mol. The molecule has 0 aliphatic heterocycles. The van der Waals surface area contributed by atoms with Crippen molar-refractivity contribution in [1.29, 1.82) is 0 Å². The van der Waals surface area contributed by atoms with Crippen molar-refractivity contribution >= 4 is 10.0 Å². The zero-order valence-corrected chi connectivity index (χ0v) is 10.9. The highest BCUT2D eigenvalue weighted by molar-refractivity contribution is 7.90. The van der Waals surface area contributed by atoms with Gasteiger partial charge in [-0.15, -0.1) is 0 Å². The van der Waals surface area contributed by atoms with Crippen molar-refractivity contribution in [2.45, 2.75) is 37.1 Å². The van der Waals surface area contributed by atoms with Crippen LogP contribution in [-0.4, -0.2) is 26.9 Å². The molecule has 2 aliphatic carbocycles. The lowest BCUT2D eigenvalue weighted by Gasteiger charge is -2.36. The minimum Gasteiger partial charge on any atom is -0.218 e. The van der Waals surface area contributed by atoms with Gasteiger partial charge in [-0.25, -0.2) is 13.1 Å². The molecule has 18 heavy (non-hydrogen) atoms. The molecule has 0 amide bonds. The first-order chi connectivity index (χ1) is 8.25. The Balaban J connectivity index is 2.19. The average Bonchev–Trinajstić information content (AvgIpc) is 3.11. The lowest BCUT2D eigenvalue weighted by atomic mass is 9.78.